The Morgan fingerprint density at radius 1 is 1.10 bits per heavy atom. The molecule has 2 amide bonds. The van der Waals surface area contributed by atoms with E-state index in [4.69, 9.17) is 4.74 Å². The van der Waals surface area contributed by atoms with E-state index in [9.17, 15) is 9.59 Å². The molecule has 6 heteroatoms. The molecule has 158 valence electrons. The van der Waals surface area contributed by atoms with Crippen molar-refractivity contribution in [1.29, 1.82) is 0 Å². The predicted octanol–water partition coefficient (Wildman–Crippen LogP) is 3.57. The zero-order valence-corrected chi connectivity index (χ0v) is 18.2. The van der Waals surface area contributed by atoms with Crippen LogP contribution in [0.3, 0.4) is 0 Å². The molecule has 0 aliphatic carbocycles. The van der Waals surface area contributed by atoms with Gasteiger partial charge < -0.3 is 19.1 Å². The van der Waals surface area contributed by atoms with Crippen molar-refractivity contribution in [3.8, 4) is 5.75 Å². The lowest BCUT2D eigenvalue weighted by Gasteiger charge is -2.29. The monoisotopic (exact) mass is 399 g/mol. The number of hydrogen-bond acceptors (Lipinski definition) is 3. The molecule has 0 saturated heterocycles. The molecule has 0 bridgehead atoms. The Morgan fingerprint density at radius 2 is 1.79 bits per heavy atom. The van der Waals surface area contributed by atoms with Gasteiger partial charge in [-0.1, -0.05) is 20.8 Å². The molecule has 0 fully saturated rings. The SMILES string of the molecule is CCCN(CC(=O)N(Cc1cccn1C)CC(C)C)C(=O)c1ccc(OC)cc1. The molecule has 0 aliphatic rings. The van der Waals surface area contributed by atoms with E-state index in [0.29, 0.717) is 36.9 Å². The van der Waals surface area contributed by atoms with Crippen LogP contribution in [0, 0.1) is 5.92 Å². The summed E-state index contributed by atoms with van der Waals surface area (Å²) in [4.78, 5) is 29.6. The fourth-order valence-corrected chi connectivity index (χ4v) is 3.25. The van der Waals surface area contributed by atoms with Crippen molar-refractivity contribution in [1.82, 2.24) is 14.4 Å². The van der Waals surface area contributed by atoms with Crippen molar-refractivity contribution < 1.29 is 14.3 Å². The standard InChI is InChI=1S/C23H33N3O3/c1-6-13-25(23(28)19-9-11-21(29-5)12-10-19)17-22(27)26(15-18(2)3)16-20-8-7-14-24(20)4/h7-12,14,18H,6,13,15-17H2,1-5H3. The van der Waals surface area contributed by atoms with Crippen LogP contribution in [0.1, 0.15) is 43.2 Å². The zero-order valence-electron chi connectivity index (χ0n) is 18.2. The van der Waals surface area contributed by atoms with Gasteiger partial charge >= 0.3 is 0 Å². The van der Waals surface area contributed by atoms with E-state index in [1.165, 1.54) is 0 Å². The van der Waals surface area contributed by atoms with Crippen molar-refractivity contribution in [2.45, 2.75) is 33.7 Å². The number of methoxy groups -OCH3 is 1. The number of nitrogens with zero attached hydrogens (tertiary/aromatic N) is 3. The van der Waals surface area contributed by atoms with Crippen LogP contribution in [0.15, 0.2) is 42.6 Å². The van der Waals surface area contributed by atoms with E-state index < -0.39 is 0 Å². The minimum Gasteiger partial charge on any atom is -0.497 e. The largest absolute Gasteiger partial charge is 0.497 e. The van der Waals surface area contributed by atoms with E-state index >= 15 is 0 Å². The highest BCUT2D eigenvalue weighted by Crippen LogP contribution is 2.15. The molecular weight excluding hydrogens is 366 g/mol. The third-order valence-electron chi connectivity index (χ3n) is 4.79. The number of aryl methyl sites for hydroxylation is 1. The molecule has 29 heavy (non-hydrogen) atoms. The highest BCUT2D eigenvalue weighted by molar-refractivity contribution is 5.96. The number of carbonyl (C=O) groups is 2. The van der Waals surface area contributed by atoms with Gasteiger partial charge in [-0.15, -0.1) is 0 Å². The Labute approximate surface area is 174 Å². The normalized spacial score (nSPS) is 10.8. The van der Waals surface area contributed by atoms with Gasteiger partial charge in [-0.05, 0) is 48.7 Å². The minimum atomic E-state index is -0.133. The van der Waals surface area contributed by atoms with E-state index in [1.54, 1.807) is 36.3 Å². The van der Waals surface area contributed by atoms with E-state index in [1.807, 2.05) is 41.8 Å². The maximum absolute atomic E-state index is 13.1. The summed E-state index contributed by atoms with van der Waals surface area (Å²) >= 11 is 0. The summed E-state index contributed by atoms with van der Waals surface area (Å²) in [6.07, 6.45) is 2.76. The summed E-state index contributed by atoms with van der Waals surface area (Å²) in [5.74, 6) is 0.878. The van der Waals surface area contributed by atoms with E-state index in [0.717, 1.165) is 12.1 Å². The Bertz CT molecular complexity index is 796. The van der Waals surface area contributed by atoms with Crippen molar-refractivity contribution >= 4 is 11.8 Å². The average molecular weight is 400 g/mol. The Morgan fingerprint density at radius 3 is 2.31 bits per heavy atom. The lowest BCUT2D eigenvalue weighted by Crippen LogP contribution is -2.44. The van der Waals surface area contributed by atoms with Crippen molar-refractivity contribution in [3.63, 3.8) is 0 Å². The second kappa shape index (κ2) is 10.7. The minimum absolute atomic E-state index is 0.0322. The van der Waals surface area contributed by atoms with Crippen LogP contribution in [0.5, 0.6) is 5.75 Å². The second-order valence-electron chi connectivity index (χ2n) is 7.73. The molecule has 6 nitrogen and oxygen atoms in total. The number of benzene rings is 1. The summed E-state index contributed by atoms with van der Waals surface area (Å²) in [6, 6.07) is 11.0. The van der Waals surface area contributed by atoms with Crippen molar-refractivity contribution in [3.05, 3.63) is 53.9 Å². The maximum Gasteiger partial charge on any atom is 0.254 e. The third-order valence-corrected chi connectivity index (χ3v) is 4.79. The molecule has 2 aromatic rings. The molecule has 2 rings (SSSR count). The molecular formula is C23H33N3O3. The molecule has 0 spiro atoms. The summed E-state index contributed by atoms with van der Waals surface area (Å²) in [5.41, 5.74) is 1.63. The first kappa shape index (κ1) is 22.5. The Balaban J connectivity index is 2.15. The van der Waals surface area contributed by atoms with Gasteiger partial charge in [-0.3, -0.25) is 9.59 Å². The first-order valence-electron chi connectivity index (χ1n) is 10.2. The van der Waals surface area contributed by atoms with Gasteiger partial charge in [-0.25, -0.2) is 0 Å². The van der Waals surface area contributed by atoms with E-state index in [-0.39, 0.29) is 18.4 Å². The van der Waals surface area contributed by atoms with Gasteiger partial charge in [0.25, 0.3) is 5.91 Å². The number of ether oxygens (including phenoxy) is 1. The second-order valence-corrected chi connectivity index (χ2v) is 7.73. The molecule has 1 aromatic heterocycles. The number of aromatic nitrogens is 1. The summed E-state index contributed by atoms with van der Waals surface area (Å²) in [7, 11) is 3.57. The molecule has 0 saturated carbocycles. The summed E-state index contributed by atoms with van der Waals surface area (Å²) < 4.78 is 7.18. The molecule has 0 unspecified atom stereocenters. The molecule has 0 atom stereocenters. The highest BCUT2D eigenvalue weighted by Gasteiger charge is 2.23. The topological polar surface area (TPSA) is 54.8 Å². The Hall–Kier alpha value is -2.76. The number of amides is 2. The summed E-state index contributed by atoms with van der Waals surface area (Å²) in [6.45, 7) is 8.01. The molecule has 1 heterocycles. The van der Waals surface area contributed by atoms with Crippen molar-refractivity contribution in [2.24, 2.45) is 13.0 Å². The summed E-state index contributed by atoms with van der Waals surface area (Å²) in [5, 5.41) is 0. The van der Waals surface area contributed by atoms with Crippen LogP contribution >= 0.6 is 0 Å². The Kier molecular flexibility index (Phi) is 8.31. The molecule has 0 aliphatic heterocycles. The van der Waals surface area contributed by atoms with Gasteiger partial charge in [0.15, 0.2) is 0 Å². The van der Waals surface area contributed by atoms with Gasteiger partial charge in [0.05, 0.1) is 13.7 Å². The zero-order chi connectivity index (χ0) is 21.4. The fraction of sp³-hybridized carbons (Fsp3) is 0.478. The van der Waals surface area contributed by atoms with Crippen molar-refractivity contribution in [2.75, 3.05) is 26.7 Å². The van der Waals surface area contributed by atoms with Gasteiger partial charge in [0, 0.05) is 37.6 Å². The van der Waals surface area contributed by atoms with Gasteiger partial charge in [-0.2, -0.15) is 0 Å². The van der Waals surface area contributed by atoms with Crippen LogP contribution in [0.2, 0.25) is 0 Å². The van der Waals surface area contributed by atoms with Crippen LogP contribution in [-0.2, 0) is 18.4 Å². The first-order chi connectivity index (χ1) is 13.8. The molecule has 0 radical (unpaired) electrons. The smallest absolute Gasteiger partial charge is 0.254 e. The third kappa shape index (κ3) is 6.38. The van der Waals surface area contributed by atoms with Crippen LogP contribution in [0.25, 0.3) is 0 Å². The number of carbonyl (C=O) groups excluding carboxylic acids is 2. The van der Waals surface area contributed by atoms with Crippen LogP contribution < -0.4 is 4.74 Å². The highest BCUT2D eigenvalue weighted by atomic mass is 16.5. The lowest BCUT2D eigenvalue weighted by molar-refractivity contribution is -0.133. The number of rotatable bonds is 10. The first-order valence-corrected chi connectivity index (χ1v) is 10.2. The molecule has 0 N–H and O–H groups in total. The predicted molar refractivity (Wildman–Crippen MR) is 115 cm³/mol. The van der Waals surface area contributed by atoms with E-state index in [2.05, 4.69) is 13.8 Å². The maximum atomic E-state index is 13.1. The number of hydrogen-bond donors (Lipinski definition) is 0. The molecule has 1 aromatic carbocycles. The average Bonchev–Trinajstić information content (AvgIpc) is 3.10. The lowest BCUT2D eigenvalue weighted by atomic mass is 10.1. The quantitative estimate of drug-likeness (QED) is 0.614. The van der Waals surface area contributed by atoms with Gasteiger partial charge in [0.1, 0.15) is 12.3 Å². The van der Waals surface area contributed by atoms with Crippen LogP contribution in [-0.4, -0.2) is 52.9 Å². The van der Waals surface area contributed by atoms with Crippen LogP contribution in [0.4, 0.5) is 0 Å². The van der Waals surface area contributed by atoms with Gasteiger partial charge in [0.2, 0.25) is 5.91 Å². The fourth-order valence-electron chi connectivity index (χ4n) is 3.25.